The highest BCUT2D eigenvalue weighted by Crippen LogP contribution is 2.32. The molecule has 1 aromatic carbocycles. The zero-order chi connectivity index (χ0) is 19.7. The van der Waals surface area contributed by atoms with Gasteiger partial charge in [-0.15, -0.1) is 0 Å². The molecule has 1 saturated heterocycles. The summed E-state index contributed by atoms with van der Waals surface area (Å²) in [6, 6.07) is 3.69. The van der Waals surface area contributed by atoms with Crippen LogP contribution in [0.4, 0.5) is 18.0 Å². The van der Waals surface area contributed by atoms with E-state index < -0.39 is 17.3 Å². The quantitative estimate of drug-likeness (QED) is 0.660. The van der Waals surface area contributed by atoms with Gasteiger partial charge in [0.1, 0.15) is 5.60 Å². The van der Waals surface area contributed by atoms with E-state index >= 15 is 0 Å². The zero-order valence-electron chi connectivity index (χ0n) is 15.4. The average molecular weight is 437 g/mol. The lowest BCUT2D eigenvalue weighted by atomic mass is 10.1. The third-order valence-electron chi connectivity index (χ3n) is 4.16. The van der Waals surface area contributed by atoms with Crippen molar-refractivity contribution in [2.24, 2.45) is 0 Å². The van der Waals surface area contributed by atoms with Gasteiger partial charge in [0.2, 0.25) is 0 Å². The van der Waals surface area contributed by atoms with Crippen LogP contribution < -0.4 is 0 Å². The fourth-order valence-electron chi connectivity index (χ4n) is 2.81. The number of carbonyl (C=O) groups is 1. The van der Waals surface area contributed by atoms with Gasteiger partial charge in [-0.05, 0) is 51.5 Å². The Morgan fingerprint density at radius 3 is 2.46 bits per heavy atom. The van der Waals surface area contributed by atoms with Crippen LogP contribution >= 0.6 is 15.9 Å². The zero-order valence-corrected chi connectivity index (χ0v) is 16.9. The van der Waals surface area contributed by atoms with Crippen LogP contribution in [0.1, 0.15) is 38.8 Å². The fourth-order valence-corrected chi connectivity index (χ4v) is 3.19. The summed E-state index contributed by atoms with van der Waals surface area (Å²) < 4.78 is 44.9. The van der Waals surface area contributed by atoms with Crippen LogP contribution in [-0.4, -0.2) is 47.2 Å². The first kappa shape index (κ1) is 21.0. The van der Waals surface area contributed by atoms with Crippen LogP contribution in [0.5, 0.6) is 0 Å². The molecule has 1 aliphatic heterocycles. The molecule has 1 atom stereocenters. The molecule has 0 N–H and O–H groups in total. The Hall–Kier alpha value is -1.28. The van der Waals surface area contributed by atoms with Gasteiger partial charge in [-0.3, -0.25) is 4.90 Å². The van der Waals surface area contributed by atoms with Crippen LogP contribution in [0.15, 0.2) is 22.7 Å². The summed E-state index contributed by atoms with van der Waals surface area (Å²) in [7, 11) is 0. The molecule has 2 rings (SSSR count). The third kappa shape index (κ3) is 5.61. The number of hydrogen-bond donors (Lipinski definition) is 0. The summed E-state index contributed by atoms with van der Waals surface area (Å²) >= 11 is 3.33. The number of alkyl halides is 3. The Morgan fingerprint density at radius 1 is 1.27 bits per heavy atom. The first-order valence-electron chi connectivity index (χ1n) is 8.44. The lowest BCUT2D eigenvalue weighted by Gasteiger charge is -2.40. The number of rotatable bonds is 2. The van der Waals surface area contributed by atoms with Crippen molar-refractivity contribution in [2.45, 2.75) is 52.1 Å². The fraction of sp³-hybridized carbons (Fsp3) is 0.611. The Morgan fingerprint density at radius 2 is 1.92 bits per heavy atom. The van der Waals surface area contributed by atoms with E-state index in [2.05, 4.69) is 20.8 Å². The van der Waals surface area contributed by atoms with Crippen LogP contribution in [0.2, 0.25) is 0 Å². The van der Waals surface area contributed by atoms with Gasteiger partial charge in [0, 0.05) is 36.7 Å². The number of piperazine rings is 1. The molecule has 1 heterocycles. The highest BCUT2D eigenvalue weighted by atomic mass is 79.9. The Balaban J connectivity index is 2.04. The van der Waals surface area contributed by atoms with Gasteiger partial charge in [-0.25, -0.2) is 4.79 Å². The lowest BCUT2D eigenvalue weighted by molar-refractivity contribution is -0.137. The van der Waals surface area contributed by atoms with Gasteiger partial charge in [0.25, 0.3) is 0 Å². The highest BCUT2D eigenvalue weighted by molar-refractivity contribution is 9.10. The maximum absolute atomic E-state index is 12.9. The van der Waals surface area contributed by atoms with E-state index in [9.17, 15) is 18.0 Å². The number of benzene rings is 1. The third-order valence-corrected chi connectivity index (χ3v) is 4.94. The molecule has 0 bridgehead atoms. The highest BCUT2D eigenvalue weighted by Gasteiger charge is 2.32. The molecule has 1 aromatic rings. The van der Waals surface area contributed by atoms with Crippen LogP contribution in [0.25, 0.3) is 0 Å². The first-order valence-corrected chi connectivity index (χ1v) is 9.24. The van der Waals surface area contributed by atoms with Gasteiger partial charge in [-0.2, -0.15) is 13.2 Å². The molecule has 0 aliphatic carbocycles. The van der Waals surface area contributed by atoms with E-state index in [1.165, 1.54) is 12.1 Å². The van der Waals surface area contributed by atoms with Crippen LogP contribution in [0, 0.1) is 0 Å². The minimum Gasteiger partial charge on any atom is -0.444 e. The number of hydrogen-bond acceptors (Lipinski definition) is 3. The lowest BCUT2D eigenvalue weighted by Crippen LogP contribution is -2.54. The Kier molecular flexibility index (Phi) is 6.28. The molecule has 1 unspecified atom stereocenters. The number of carbonyl (C=O) groups excluding carboxylic acids is 1. The number of amides is 1. The van der Waals surface area contributed by atoms with E-state index in [0.717, 1.165) is 6.07 Å². The Labute approximate surface area is 160 Å². The Bertz CT molecular complexity index is 659. The second kappa shape index (κ2) is 7.76. The minimum absolute atomic E-state index is 0.0118. The maximum atomic E-state index is 12.9. The van der Waals surface area contributed by atoms with E-state index in [1.54, 1.807) is 4.90 Å². The molecular formula is C18H24BrF3N2O2. The van der Waals surface area contributed by atoms with E-state index in [0.29, 0.717) is 36.2 Å². The summed E-state index contributed by atoms with van der Waals surface area (Å²) in [5.41, 5.74) is -0.631. The molecule has 4 nitrogen and oxygen atoms in total. The molecule has 146 valence electrons. The van der Waals surface area contributed by atoms with E-state index in [4.69, 9.17) is 4.74 Å². The molecule has 1 amide bonds. The number of nitrogens with zero attached hydrogens (tertiary/aromatic N) is 2. The molecule has 0 aromatic heterocycles. The molecule has 0 spiro atoms. The van der Waals surface area contributed by atoms with Crippen molar-refractivity contribution in [2.75, 3.05) is 19.6 Å². The van der Waals surface area contributed by atoms with Crippen LogP contribution in [0.3, 0.4) is 0 Å². The molecular weight excluding hydrogens is 413 g/mol. The van der Waals surface area contributed by atoms with E-state index in [-0.39, 0.29) is 12.1 Å². The van der Waals surface area contributed by atoms with Crippen molar-refractivity contribution < 1.29 is 22.7 Å². The SMILES string of the molecule is CC1CN(C(=O)OC(C)(C)C)CCN1Cc1cc(C(F)(F)F)ccc1Br. The summed E-state index contributed by atoms with van der Waals surface area (Å²) in [6.07, 6.45) is -4.72. The largest absolute Gasteiger partial charge is 0.444 e. The molecule has 0 radical (unpaired) electrons. The predicted molar refractivity (Wildman–Crippen MR) is 96.8 cm³/mol. The van der Waals surface area contributed by atoms with Gasteiger partial charge < -0.3 is 9.64 Å². The average Bonchev–Trinajstić information content (AvgIpc) is 2.48. The van der Waals surface area contributed by atoms with E-state index in [1.807, 2.05) is 27.7 Å². The standard InChI is InChI=1S/C18H24BrF3N2O2/c1-12-10-24(16(25)26-17(2,3)4)8-7-23(12)11-13-9-14(18(20,21)22)5-6-15(13)19/h5-6,9,12H,7-8,10-11H2,1-4H3. The molecule has 8 heteroatoms. The smallest absolute Gasteiger partial charge is 0.416 e. The number of halogens is 4. The number of ether oxygens (including phenoxy) is 1. The predicted octanol–water partition coefficient (Wildman–Crippen LogP) is 4.91. The normalized spacial score (nSPS) is 19.5. The summed E-state index contributed by atoms with van der Waals surface area (Å²) in [5.74, 6) is 0. The summed E-state index contributed by atoms with van der Waals surface area (Å²) in [4.78, 5) is 15.9. The van der Waals surface area contributed by atoms with Crippen molar-refractivity contribution in [1.82, 2.24) is 9.80 Å². The summed E-state index contributed by atoms with van der Waals surface area (Å²) in [6.45, 7) is 9.32. The molecule has 1 fully saturated rings. The molecule has 0 saturated carbocycles. The summed E-state index contributed by atoms with van der Waals surface area (Å²) in [5, 5.41) is 0. The molecule has 26 heavy (non-hydrogen) atoms. The van der Waals surface area contributed by atoms with Crippen molar-refractivity contribution in [3.63, 3.8) is 0 Å². The van der Waals surface area contributed by atoms with Crippen molar-refractivity contribution in [1.29, 1.82) is 0 Å². The van der Waals surface area contributed by atoms with Gasteiger partial charge in [0.15, 0.2) is 0 Å². The van der Waals surface area contributed by atoms with Crippen LogP contribution in [-0.2, 0) is 17.5 Å². The molecule has 1 aliphatic rings. The topological polar surface area (TPSA) is 32.8 Å². The second-order valence-corrected chi connectivity index (χ2v) is 8.40. The monoisotopic (exact) mass is 436 g/mol. The second-order valence-electron chi connectivity index (χ2n) is 7.55. The van der Waals surface area contributed by atoms with Gasteiger partial charge >= 0.3 is 12.3 Å². The van der Waals surface area contributed by atoms with Crippen molar-refractivity contribution >= 4 is 22.0 Å². The van der Waals surface area contributed by atoms with Crippen molar-refractivity contribution in [3.8, 4) is 0 Å². The van der Waals surface area contributed by atoms with Gasteiger partial charge in [0.05, 0.1) is 5.56 Å². The first-order chi connectivity index (χ1) is 11.9. The minimum atomic E-state index is -4.36. The van der Waals surface area contributed by atoms with Gasteiger partial charge in [-0.1, -0.05) is 15.9 Å². The van der Waals surface area contributed by atoms with Crippen molar-refractivity contribution in [3.05, 3.63) is 33.8 Å². The maximum Gasteiger partial charge on any atom is 0.416 e.